The van der Waals surface area contributed by atoms with E-state index in [1.165, 1.54) is 48.3 Å². The third kappa shape index (κ3) is 3.24. The van der Waals surface area contributed by atoms with E-state index in [1.807, 2.05) is 30.3 Å². The van der Waals surface area contributed by atoms with Gasteiger partial charge in [-0.15, -0.1) is 11.3 Å². The number of pyridine rings is 1. The lowest BCUT2D eigenvalue weighted by atomic mass is 9.96. The fourth-order valence-electron chi connectivity index (χ4n) is 3.39. The van der Waals surface area contributed by atoms with Gasteiger partial charge >= 0.3 is 0 Å². The van der Waals surface area contributed by atoms with Crippen molar-refractivity contribution in [3.63, 3.8) is 0 Å². The van der Waals surface area contributed by atoms with E-state index < -0.39 is 0 Å². The smallest absolute Gasteiger partial charge is 0.267 e. The summed E-state index contributed by atoms with van der Waals surface area (Å²) in [6.07, 6.45) is 7.02. The van der Waals surface area contributed by atoms with Crippen molar-refractivity contribution in [1.82, 2.24) is 4.98 Å². The molecule has 0 fully saturated rings. The monoisotopic (exact) mass is 351 g/mol. The summed E-state index contributed by atoms with van der Waals surface area (Å²) >= 11 is 1.39. The second-order valence-electron chi connectivity index (χ2n) is 6.53. The molecule has 1 aromatic carbocycles. The van der Waals surface area contributed by atoms with Gasteiger partial charge in [0.1, 0.15) is 9.71 Å². The Hall–Kier alpha value is -2.40. The molecule has 1 aliphatic rings. The summed E-state index contributed by atoms with van der Waals surface area (Å²) in [4.78, 5) is 18.9. The van der Waals surface area contributed by atoms with Crippen molar-refractivity contribution in [1.29, 1.82) is 0 Å². The maximum absolute atomic E-state index is 12.6. The molecule has 0 atom stereocenters. The number of fused-ring (bicyclic) bond motifs is 2. The Morgan fingerprint density at radius 3 is 2.64 bits per heavy atom. The van der Waals surface area contributed by atoms with Crippen LogP contribution in [0.3, 0.4) is 0 Å². The molecule has 3 aromatic rings. The summed E-state index contributed by atoms with van der Waals surface area (Å²) < 4.78 is 0. The van der Waals surface area contributed by atoms with Crippen LogP contribution < -0.4 is 11.1 Å². The number of hydrogen-bond acceptors (Lipinski definition) is 4. The summed E-state index contributed by atoms with van der Waals surface area (Å²) in [5.74, 6) is -0.167. The zero-order chi connectivity index (χ0) is 17.2. The maximum Gasteiger partial charge on any atom is 0.267 e. The predicted octanol–water partition coefficient (Wildman–Crippen LogP) is 4.79. The number of anilines is 2. The van der Waals surface area contributed by atoms with Crippen LogP contribution in [0.2, 0.25) is 0 Å². The maximum atomic E-state index is 12.6. The van der Waals surface area contributed by atoms with Crippen molar-refractivity contribution in [2.75, 3.05) is 11.1 Å². The highest BCUT2D eigenvalue weighted by Gasteiger charge is 2.19. The number of thiophene rings is 1. The molecule has 5 heteroatoms. The summed E-state index contributed by atoms with van der Waals surface area (Å²) in [7, 11) is 0. The molecule has 4 nitrogen and oxygen atoms in total. The van der Waals surface area contributed by atoms with Gasteiger partial charge in [-0.25, -0.2) is 4.98 Å². The molecule has 0 saturated carbocycles. The quantitative estimate of drug-likeness (QED) is 0.697. The van der Waals surface area contributed by atoms with Crippen LogP contribution in [0.15, 0.2) is 36.4 Å². The zero-order valence-electron chi connectivity index (χ0n) is 14.0. The number of aromatic nitrogens is 1. The average molecular weight is 351 g/mol. The van der Waals surface area contributed by atoms with Crippen molar-refractivity contribution in [2.45, 2.75) is 38.5 Å². The van der Waals surface area contributed by atoms with Crippen LogP contribution in [0, 0.1) is 0 Å². The van der Waals surface area contributed by atoms with Crippen LogP contribution in [-0.2, 0) is 12.8 Å². The zero-order valence-corrected chi connectivity index (χ0v) is 14.9. The van der Waals surface area contributed by atoms with Crippen molar-refractivity contribution in [2.24, 2.45) is 0 Å². The molecule has 3 N–H and O–H groups in total. The molecule has 0 aliphatic heterocycles. The summed E-state index contributed by atoms with van der Waals surface area (Å²) in [5.41, 5.74) is 10.1. The Kier molecular flexibility index (Phi) is 4.40. The lowest BCUT2D eigenvalue weighted by Gasteiger charge is -2.12. The molecular weight excluding hydrogens is 330 g/mol. The number of nitrogens with two attached hydrogens (primary N) is 1. The van der Waals surface area contributed by atoms with Gasteiger partial charge in [0, 0.05) is 16.8 Å². The number of nitrogens with one attached hydrogen (secondary N) is 1. The van der Waals surface area contributed by atoms with Gasteiger partial charge in [0.15, 0.2) is 0 Å². The first-order valence-corrected chi connectivity index (χ1v) is 9.61. The van der Waals surface area contributed by atoms with E-state index in [2.05, 4.69) is 11.4 Å². The van der Waals surface area contributed by atoms with E-state index in [0.717, 1.165) is 28.7 Å². The number of rotatable bonds is 2. The van der Waals surface area contributed by atoms with Gasteiger partial charge < -0.3 is 11.1 Å². The first-order chi connectivity index (χ1) is 12.2. The molecule has 2 heterocycles. The van der Waals surface area contributed by atoms with Gasteiger partial charge in [-0.3, -0.25) is 4.79 Å². The number of para-hydroxylation sites is 1. The van der Waals surface area contributed by atoms with Crippen LogP contribution in [0.4, 0.5) is 11.4 Å². The molecule has 4 rings (SSSR count). The fourth-order valence-corrected chi connectivity index (χ4v) is 4.38. The number of aryl methyl sites for hydroxylation is 2. The Morgan fingerprint density at radius 1 is 1.08 bits per heavy atom. The summed E-state index contributed by atoms with van der Waals surface area (Å²) in [6, 6.07) is 11.6. The van der Waals surface area contributed by atoms with Gasteiger partial charge in [-0.2, -0.15) is 0 Å². The molecule has 2 aromatic heterocycles. The van der Waals surface area contributed by atoms with Crippen LogP contribution in [0.25, 0.3) is 10.2 Å². The number of hydrogen-bond donors (Lipinski definition) is 2. The van der Waals surface area contributed by atoms with E-state index in [4.69, 9.17) is 10.7 Å². The predicted molar refractivity (Wildman–Crippen MR) is 104 cm³/mol. The number of carbonyl (C=O) groups excluding carboxylic acids is 1. The SMILES string of the molecule is Nc1c(C(=O)Nc2ccccc2)sc2nc3c(cc12)CCCCCC3. The number of nitrogen functional groups attached to an aromatic ring is 1. The van der Waals surface area contributed by atoms with Gasteiger partial charge in [-0.05, 0) is 49.4 Å². The topological polar surface area (TPSA) is 68.0 Å². The van der Waals surface area contributed by atoms with E-state index in [-0.39, 0.29) is 5.91 Å². The molecule has 0 unspecified atom stereocenters. The molecular formula is C20H21N3OS. The van der Waals surface area contributed by atoms with Gasteiger partial charge in [0.2, 0.25) is 0 Å². The molecule has 25 heavy (non-hydrogen) atoms. The Morgan fingerprint density at radius 2 is 1.84 bits per heavy atom. The molecule has 0 bridgehead atoms. The highest BCUT2D eigenvalue weighted by molar-refractivity contribution is 7.21. The number of carbonyl (C=O) groups is 1. The van der Waals surface area contributed by atoms with E-state index in [9.17, 15) is 4.79 Å². The molecule has 1 aliphatic carbocycles. The van der Waals surface area contributed by atoms with Crippen molar-refractivity contribution >= 4 is 38.8 Å². The minimum absolute atomic E-state index is 0.167. The molecule has 128 valence electrons. The largest absolute Gasteiger partial charge is 0.397 e. The molecule has 1 amide bonds. The Bertz CT molecular complexity index is 918. The highest BCUT2D eigenvalue weighted by Crippen LogP contribution is 2.35. The molecule has 0 radical (unpaired) electrons. The van der Waals surface area contributed by atoms with Crippen molar-refractivity contribution in [3.05, 3.63) is 52.5 Å². The number of amides is 1. The second kappa shape index (κ2) is 6.84. The van der Waals surface area contributed by atoms with Gasteiger partial charge in [0.05, 0.1) is 5.69 Å². The van der Waals surface area contributed by atoms with Crippen LogP contribution in [0.1, 0.15) is 46.6 Å². The van der Waals surface area contributed by atoms with Crippen LogP contribution in [0.5, 0.6) is 0 Å². The minimum atomic E-state index is -0.167. The number of benzene rings is 1. The number of nitrogens with zero attached hydrogens (tertiary/aromatic N) is 1. The Balaban J connectivity index is 1.70. The van der Waals surface area contributed by atoms with E-state index in [1.54, 1.807) is 0 Å². The van der Waals surface area contributed by atoms with E-state index in [0.29, 0.717) is 10.6 Å². The normalized spacial score (nSPS) is 14.6. The molecule has 0 spiro atoms. The standard InChI is InChI=1S/C20H21N3OS/c21-17-15-12-13-8-4-1-2-7-11-16(13)23-20(15)25-18(17)19(24)22-14-9-5-3-6-10-14/h3,5-6,9-10,12H,1-2,4,7-8,11,21H2,(H,22,24). The minimum Gasteiger partial charge on any atom is -0.397 e. The average Bonchev–Trinajstić information content (AvgIpc) is 2.92. The summed E-state index contributed by atoms with van der Waals surface area (Å²) in [5, 5.41) is 3.83. The third-order valence-corrected chi connectivity index (χ3v) is 5.85. The lowest BCUT2D eigenvalue weighted by Crippen LogP contribution is -2.11. The highest BCUT2D eigenvalue weighted by atomic mass is 32.1. The molecule has 0 saturated heterocycles. The lowest BCUT2D eigenvalue weighted by molar-refractivity contribution is 0.103. The van der Waals surface area contributed by atoms with Gasteiger partial charge in [0.25, 0.3) is 5.91 Å². The van der Waals surface area contributed by atoms with Crippen LogP contribution >= 0.6 is 11.3 Å². The van der Waals surface area contributed by atoms with Gasteiger partial charge in [-0.1, -0.05) is 31.0 Å². The first kappa shape index (κ1) is 16.1. The van der Waals surface area contributed by atoms with Crippen molar-refractivity contribution < 1.29 is 4.79 Å². The Labute approximate surface area is 151 Å². The van der Waals surface area contributed by atoms with Crippen LogP contribution in [-0.4, -0.2) is 10.9 Å². The van der Waals surface area contributed by atoms with Crippen molar-refractivity contribution in [3.8, 4) is 0 Å². The van der Waals surface area contributed by atoms with E-state index >= 15 is 0 Å². The summed E-state index contributed by atoms with van der Waals surface area (Å²) in [6.45, 7) is 0. The fraction of sp³-hybridized carbons (Fsp3) is 0.300. The second-order valence-corrected chi connectivity index (χ2v) is 7.53. The third-order valence-electron chi connectivity index (χ3n) is 4.74. The first-order valence-electron chi connectivity index (χ1n) is 8.79.